The first-order valence-corrected chi connectivity index (χ1v) is 6.31. The quantitative estimate of drug-likeness (QED) is 0.794. The zero-order valence-electron chi connectivity index (χ0n) is 10.5. The van der Waals surface area contributed by atoms with Gasteiger partial charge in [-0.25, -0.2) is 4.98 Å². The second-order valence-corrected chi connectivity index (χ2v) is 4.81. The molecular weight excluding hydrogens is 248 g/mol. The normalized spacial score (nSPS) is 10.2. The number of rotatable bonds is 4. The number of aromatic nitrogens is 1. The van der Waals surface area contributed by atoms with Gasteiger partial charge >= 0.3 is 0 Å². The molecule has 0 fully saturated rings. The number of hydrogen-bond acceptors (Lipinski definition) is 5. The van der Waals surface area contributed by atoms with Crippen LogP contribution in [-0.4, -0.2) is 32.0 Å². The Morgan fingerprint density at radius 3 is 2.78 bits per heavy atom. The molecule has 0 atom stereocenters. The zero-order chi connectivity index (χ0) is 13.1. The second kappa shape index (κ2) is 5.18. The van der Waals surface area contributed by atoms with Gasteiger partial charge in [0.25, 0.3) is 0 Å². The van der Waals surface area contributed by atoms with Crippen LogP contribution in [-0.2, 0) is 0 Å². The lowest BCUT2D eigenvalue weighted by molar-refractivity contribution is 0.103. The van der Waals surface area contributed by atoms with Crippen molar-refractivity contribution in [3.05, 3.63) is 40.9 Å². The molecule has 0 spiro atoms. The number of thiazole rings is 1. The van der Waals surface area contributed by atoms with Gasteiger partial charge in [-0.1, -0.05) is 12.1 Å². The maximum Gasteiger partial charge on any atom is 0.212 e. The highest BCUT2D eigenvalue weighted by Crippen LogP contribution is 2.21. The summed E-state index contributed by atoms with van der Waals surface area (Å²) in [5, 5.41) is 2.60. The number of benzene rings is 1. The standard InChI is InChI=1S/C13H14N2O2S/c1-15(2)13-14-11(8-18-13)12(16)9-5-4-6-10(7-9)17-3/h4-8H,1-3H3. The van der Waals surface area contributed by atoms with E-state index in [2.05, 4.69) is 4.98 Å². The summed E-state index contributed by atoms with van der Waals surface area (Å²) in [6, 6.07) is 7.09. The maximum absolute atomic E-state index is 12.2. The third-order valence-electron chi connectivity index (χ3n) is 2.44. The van der Waals surface area contributed by atoms with E-state index in [1.807, 2.05) is 25.1 Å². The molecule has 5 heteroatoms. The number of carbonyl (C=O) groups is 1. The molecule has 0 amide bonds. The highest BCUT2D eigenvalue weighted by atomic mass is 32.1. The number of anilines is 1. The van der Waals surface area contributed by atoms with Crippen LogP contribution in [0.5, 0.6) is 5.75 Å². The van der Waals surface area contributed by atoms with Crippen LogP contribution in [0.25, 0.3) is 0 Å². The van der Waals surface area contributed by atoms with E-state index in [1.165, 1.54) is 11.3 Å². The average Bonchev–Trinajstić information content (AvgIpc) is 2.87. The van der Waals surface area contributed by atoms with Crippen molar-refractivity contribution in [3.63, 3.8) is 0 Å². The van der Waals surface area contributed by atoms with Crippen LogP contribution < -0.4 is 9.64 Å². The number of ketones is 1. The topological polar surface area (TPSA) is 42.4 Å². The first-order valence-electron chi connectivity index (χ1n) is 5.43. The molecule has 0 radical (unpaired) electrons. The Hall–Kier alpha value is -1.88. The average molecular weight is 262 g/mol. The summed E-state index contributed by atoms with van der Waals surface area (Å²) in [6.45, 7) is 0. The van der Waals surface area contributed by atoms with Gasteiger partial charge in [0.2, 0.25) is 5.78 Å². The fourth-order valence-corrected chi connectivity index (χ4v) is 2.22. The van der Waals surface area contributed by atoms with Gasteiger partial charge < -0.3 is 9.64 Å². The minimum atomic E-state index is -0.0850. The van der Waals surface area contributed by atoms with Crippen molar-refractivity contribution in [2.75, 3.05) is 26.1 Å². The van der Waals surface area contributed by atoms with Crippen LogP contribution >= 0.6 is 11.3 Å². The smallest absolute Gasteiger partial charge is 0.212 e. The van der Waals surface area contributed by atoms with Crippen LogP contribution in [0.15, 0.2) is 29.6 Å². The van der Waals surface area contributed by atoms with Crippen LogP contribution in [0.2, 0.25) is 0 Å². The minimum Gasteiger partial charge on any atom is -0.497 e. The third-order valence-corrected chi connectivity index (χ3v) is 3.45. The molecule has 2 rings (SSSR count). The number of ether oxygens (including phenoxy) is 1. The number of carbonyl (C=O) groups excluding carboxylic acids is 1. The lowest BCUT2D eigenvalue weighted by Crippen LogP contribution is -2.09. The fourth-order valence-electron chi connectivity index (χ4n) is 1.49. The van der Waals surface area contributed by atoms with Crippen LogP contribution in [0.1, 0.15) is 16.1 Å². The van der Waals surface area contributed by atoms with Gasteiger partial charge in [0.1, 0.15) is 11.4 Å². The van der Waals surface area contributed by atoms with Crippen molar-refractivity contribution in [1.82, 2.24) is 4.98 Å². The Bertz CT molecular complexity index is 564. The largest absolute Gasteiger partial charge is 0.497 e. The summed E-state index contributed by atoms with van der Waals surface area (Å²) in [7, 11) is 5.38. The Morgan fingerprint density at radius 1 is 1.39 bits per heavy atom. The predicted molar refractivity (Wildman–Crippen MR) is 72.9 cm³/mol. The molecular formula is C13H14N2O2S. The van der Waals surface area contributed by atoms with Gasteiger partial charge in [-0.3, -0.25) is 4.79 Å². The van der Waals surface area contributed by atoms with E-state index in [1.54, 1.807) is 30.7 Å². The van der Waals surface area contributed by atoms with Crippen LogP contribution in [0.4, 0.5) is 5.13 Å². The molecule has 0 unspecified atom stereocenters. The molecule has 1 aromatic carbocycles. The highest BCUT2D eigenvalue weighted by molar-refractivity contribution is 7.13. The predicted octanol–water partition coefficient (Wildman–Crippen LogP) is 2.45. The molecule has 0 aliphatic heterocycles. The van der Waals surface area contributed by atoms with Crippen molar-refractivity contribution in [2.24, 2.45) is 0 Å². The van der Waals surface area contributed by atoms with E-state index in [-0.39, 0.29) is 5.78 Å². The van der Waals surface area contributed by atoms with Gasteiger partial charge in [-0.05, 0) is 12.1 Å². The van der Waals surface area contributed by atoms with Crippen LogP contribution in [0, 0.1) is 0 Å². The Morgan fingerprint density at radius 2 is 2.17 bits per heavy atom. The van der Waals surface area contributed by atoms with E-state index < -0.39 is 0 Å². The molecule has 4 nitrogen and oxygen atoms in total. The molecule has 0 aliphatic carbocycles. The van der Waals surface area contributed by atoms with E-state index in [9.17, 15) is 4.79 Å². The number of methoxy groups -OCH3 is 1. The Balaban J connectivity index is 2.29. The third kappa shape index (κ3) is 2.51. The van der Waals surface area contributed by atoms with Gasteiger partial charge in [-0.15, -0.1) is 11.3 Å². The monoisotopic (exact) mass is 262 g/mol. The van der Waals surface area contributed by atoms with Crippen LogP contribution in [0.3, 0.4) is 0 Å². The molecule has 0 N–H and O–H groups in total. The lowest BCUT2D eigenvalue weighted by Gasteiger charge is -2.05. The molecule has 18 heavy (non-hydrogen) atoms. The summed E-state index contributed by atoms with van der Waals surface area (Å²) in [4.78, 5) is 18.4. The molecule has 1 aromatic heterocycles. The maximum atomic E-state index is 12.2. The first-order chi connectivity index (χ1) is 8.61. The summed E-state index contributed by atoms with van der Waals surface area (Å²) >= 11 is 1.45. The van der Waals surface area contributed by atoms with E-state index in [0.717, 1.165) is 5.13 Å². The highest BCUT2D eigenvalue weighted by Gasteiger charge is 2.14. The van der Waals surface area contributed by atoms with Gasteiger partial charge in [0, 0.05) is 25.0 Å². The molecule has 0 bridgehead atoms. The van der Waals surface area contributed by atoms with Crippen molar-refractivity contribution < 1.29 is 9.53 Å². The number of nitrogens with zero attached hydrogens (tertiary/aromatic N) is 2. The molecule has 0 aliphatic rings. The minimum absolute atomic E-state index is 0.0850. The molecule has 0 saturated carbocycles. The SMILES string of the molecule is COc1cccc(C(=O)c2csc(N(C)C)n2)c1. The lowest BCUT2D eigenvalue weighted by atomic mass is 10.1. The van der Waals surface area contributed by atoms with Gasteiger partial charge in [0.05, 0.1) is 7.11 Å². The fraction of sp³-hybridized carbons (Fsp3) is 0.231. The Labute approximate surface area is 110 Å². The van der Waals surface area contributed by atoms with Crippen molar-refractivity contribution in [1.29, 1.82) is 0 Å². The van der Waals surface area contributed by atoms with Gasteiger partial charge in [0.15, 0.2) is 5.13 Å². The van der Waals surface area contributed by atoms with Gasteiger partial charge in [-0.2, -0.15) is 0 Å². The summed E-state index contributed by atoms with van der Waals surface area (Å²) in [6.07, 6.45) is 0. The Kier molecular flexibility index (Phi) is 3.62. The van der Waals surface area contributed by atoms with E-state index in [4.69, 9.17) is 4.74 Å². The van der Waals surface area contributed by atoms with E-state index >= 15 is 0 Å². The number of hydrogen-bond donors (Lipinski definition) is 0. The molecule has 2 aromatic rings. The first kappa shape index (κ1) is 12.6. The van der Waals surface area contributed by atoms with E-state index in [0.29, 0.717) is 17.0 Å². The summed E-state index contributed by atoms with van der Waals surface area (Å²) in [5.41, 5.74) is 1.06. The van der Waals surface area contributed by atoms with Crippen molar-refractivity contribution >= 4 is 22.3 Å². The molecule has 1 heterocycles. The zero-order valence-corrected chi connectivity index (χ0v) is 11.3. The summed E-state index contributed by atoms with van der Waals surface area (Å²) in [5.74, 6) is 0.585. The molecule has 0 saturated heterocycles. The van der Waals surface area contributed by atoms with Crippen molar-refractivity contribution in [3.8, 4) is 5.75 Å². The summed E-state index contributed by atoms with van der Waals surface area (Å²) < 4.78 is 5.11. The second-order valence-electron chi connectivity index (χ2n) is 3.97. The van der Waals surface area contributed by atoms with Crippen molar-refractivity contribution in [2.45, 2.75) is 0 Å². The molecule has 94 valence electrons.